The van der Waals surface area contributed by atoms with Gasteiger partial charge in [-0.05, 0) is 50.8 Å². The van der Waals surface area contributed by atoms with Gasteiger partial charge < -0.3 is 16.0 Å². The van der Waals surface area contributed by atoms with E-state index in [4.69, 9.17) is 5.41 Å². The van der Waals surface area contributed by atoms with E-state index < -0.39 is 0 Å². The van der Waals surface area contributed by atoms with E-state index in [1.807, 2.05) is 18.2 Å². The fourth-order valence-corrected chi connectivity index (χ4v) is 4.11. The van der Waals surface area contributed by atoms with Gasteiger partial charge in [-0.15, -0.1) is 0 Å². The van der Waals surface area contributed by atoms with Gasteiger partial charge in [0.15, 0.2) is 0 Å². The largest absolute Gasteiger partial charge is 0.381 e. The van der Waals surface area contributed by atoms with Gasteiger partial charge in [-0.25, -0.2) is 0 Å². The summed E-state index contributed by atoms with van der Waals surface area (Å²) in [4.78, 5) is 12.3. The Balaban J connectivity index is 1.78. The van der Waals surface area contributed by atoms with Crippen molar-refractivity contribution in [3.8, 4) is 0 Å². The summed E-state index contributed by atoms with van der Waals surface area (Å²) >= 11 is 0. The fourth-order valence-electron chi connectivity index (χ4n) is 4.11. The van der Waals surface area contributed by atoms with E-state index in [-0.39, 0.29) is 11.7 Å². The minimum atomic E-state index is -0.214. The highest BCUT2D eigenvalue weighted by atomic mass is 16.1. The molecular weight excluding hydrogens is 324 g/mol. The molecule has 2 fully saturated rings. The Kier molecular flexibility index (Phi) is 6.53. The van der Waals surface area contributed by atoms with Crippen LogP contribution in [0, 0.1) is 5.41 Å². The third kappa shape index (κ3) is 5.23. The maximum absolute atomic E-state index is 12.3. The highest BCUT2D eigenvalue weighted by molar-refractivity contribution is 6.05. The smallest absolute Gasteiger partial charge is 0.256 e. The van der Waals surface area contributed by atoms with Crippen LogP contribution in [0.2, 0.25) is 0 Å². The van der Waals surface area contributed by atoms with Crippen LogP contribution in [-0.2, 0) is 0 Å². The molecule has 2 aliphatic rings. The predicted octanol–water partition coefficient (Wildman–Crippen LogP) is 4.90. The number of amidine groups is 1. The van der Waals surface area contributed by atoms with E-state index in [9.17, 15) is 4.79 Å². The van der Waals surface area contributed by atoms with Crippen LogP contribution in [0.15, 0.2) is 18.2 Å². The molecule has 1 aromatic rings. The average Bonchev–Trinajstić information content (AvgIpc) is 2.64. The van der Waals surface area contributed by atoms with Gasteiger partial charge in [-0.2, -0.15) is 0 Å². The van der Waals surface area contributed by atoms with Gasteiger partial charge in [0.05, 0.1) is 17.2 Å². The number of benzene rings is 1. The number of hydrogen-bond donors (Lipinski definition) is 4. The van der Waals surface area contributed by atoms with Crippen molar-refractivity contribution in [3.63, 3.8) is 0 Å². The molecule has 0 unspecified atom stereocenters. The molecular formula is C21H32N4O. The van der Waals surface area contributed by atoms with Crippen LogP contribution in [0.3, 0.4) is 0 Å². The SMILES string of the molecule is CC(=N)NC(=O)c1ccc(NC2CCCCC2)c(NC2CCCCC2)c1. The van der Waals surface area contributed by atoms with Crippen LogP contribution in [0.25, 0.3) is 0 Å². The summed E-state index contributed by atoms with van der Waals surface area (Å²) in [6.45, 7) is 1.58. The molecule has 0 saturated heterocycles. The normalized spacial score (nSPS) is 19.0. The van der Waals surface area contributed by atoms with Crippen molar-refractivity contribution in [1.82, 2.24) is 5.32 Å². The van der Waals surface area contributed by atoms with Gasteiger partial charge >= 0.3 is 0 Å². The lowest BCUT2D eigenvalue weighted by atomic mass is 9.94. The Morgan fingerprint density at radius 2 is 1.42 bits per heavy atom. The Bertz CT molecular complexity index is 631. The van der Waals surface area contributed by atoms with E-state index >= 15 is 0 Å². The van der Waals surface area contributed by atoms with Crippen molar-refractivity contribution in [2.75, 3.05) is 10.6 Å². The van der Waals surface area contributed by atoms with Gasteiger partial charge in [0, 0.05) is 17.6 Å². The van der Waals surface area contributed by atoms with Gasteiger partial charge in [0.1, 0.15) is 0 Å². The summed E-state index contributed by atoms with van der Waals surface area (Å²) in [5, 5.41) is 17.5. The van der Waals surface area contributed by atoms with Gasteiger partial charge in [0.25, 0.3) is 5.91 Å². The highest BCUT2D eigenvalue weighted by Gasteiger charge is 2.19. The van der Waals surface area contributed by atoms with Crippen LogP contribution in [0.1, 0.15) is 81.5 Å². The predicted molar refractivity (Wildman–Crippen MR) is 108 cm³/mol. The molecule has 1 amide bonds. The topological polar surface area (TPSA) is 77.0 Å². The molecule has 3 rings (SSSR count). The van der Waals surface area contributed by atoms with Gasteiger partial charge in [-0.1, -0.05) is 38.5 Å². The molecule has 5 heteroatoms. The van der Waals surface area contributed by atoms with Crippen molar-refractivity contribution in [3.05, 3.63) is 23.8 Å². The average molecular weight is 357 g/mol. The number of amides is 1. The lowest BCUT2D eigenvalue weighted by Gasteiger charge is -2.28. The maximum Gasteiger partial charge on any atom is 0.256 e. The molecule has 4 N–H and O–H groups in total. The first kappa shape index (κ1) is 18.7. The summed E-state index contributed by atoms with van der Waals surface area (Å²) in [5.41, 5.74) is 2.73. The molecule has 0 aliphatic heterocycles. The second-order valence-electron chi connectivity index (χ2n) is 7.80. The summed E-state index contributed by atoms with van der Waals surface area (Å²) in [6.07, 6.45) is 12.6. The second kappa shape index (κ2) is 9.06. The quantitative estimate of drug-likeness (QED) is 0.447. The lowest BCUT2D eigenvalue weighted by Crippen LogP contribution is -2.28. The molecule has 5 nitrogen and oxygen atoms in total. The molecule has 0 spiro atoms. The van der Waals surface area contributed by atoms with E-state index in [0.717, 1.165) is 11.4 Å². The van der Waals surface area contributed by atoms with E-state index in [1.54, 1.807) is 6.92 Å². The first-order chi connectivity index (χ1) is 12.6. The molecule has 0 aromatic heterocycles. The van der Waals surface area contributed by atoms with E-state index in [0.29, 0.717) is 17.6 Å². The first-order valence-corrected chi connectivity index (χ1v) is 10.2. The molecule has 142 valence electrons. The number of nitrogens with one attached hydrogen (secondary N) is 4. The molecule has 2 saturated carbocycles. The summed E-state index contributed by atoms with van der Waals surface area (Å²) < 4.78 is 0. The summed E-state index contributed by atoms with van der Waals surface area (Å²) in [7, 11) is 0. The number of carbonyl (C=O) groups excluding carboxylic acids is 1. The number of anilines is 2. The van der Waals surface area contributed by atoms with Gasteiger partial charge in [0.2, 0.25) is 0 Å². The molecule has 0 atom stereocenters. The number of hydrogen-bond acceptors (Lipinski definition) is 4. The Labute approximate surface area is 156 Å². The van der Waals surface area contributed by atoms with Crippen LogP contribution < -0.4 is 16.0 Å². The Morgan fingerprint density at radius 1 is 0.885 bits per heavy atom. The van der Waals surface area contributed by atoms with E-state index in [1.165, 1.54) is 64.2 Å². The Morgan fingerprint density at radius 3 is 1.96 bits per heavy atom. The minimum absolute atomic E-state index is 0.168. The maximum atomic E-state index is 12.3. The summed E-state index contributed by atoms with van der Waals surface area (Å²) in [6, 6.07) is 6.83. The standard InChI is InChI=1S/C21H32N4O/c1-15(22)23-21(26)16-12-13-19(24-17-8-4-2-5-9-17)20(14-16)25-18-10-6-3-7-11-18/h12-14,17-18,24-25H,2-11H2,1H3,(H2,22,23,26). The third-order valence-electron chi connectivity index (χ3n) is 5.51. The molecule has 26 heavy (non-hydrogen) atoms. The third-order valence-corrected chi connectivity index (χ3v) is 5.51. The van der Waals surface area contributed by atoms with Crippen molar-refractivity contribution in [1.29, 1.82) is 5.41 Å². The fraction of sp³-hybridized carbons (Fsp3) is 0.619. The zero-order valence-corrected chi connectivity index (χ0v) is 15.9. The molecule has 1 aromatic carbocycles. The monoisotopic (exact) mass is 356 g/mol. The van der Waals surface area contributed by atoms with Crippen molar-refractivity contribution >= 4 is 23.1 Å². The van der Waals surface area contributed by atoms with Crippen LogP contribution in [0.4, 0.5) is 11.4 Å². The number of carbonyl (C=O) groups is 1. The first-order valence-electron chi connectivity index (χ1n) is 10.2. The number of rotatable bonds is 5. The second-order valence-corrected chi connectivity index (χ2v) is 7.80. The van der Waals surface area contributed by atoms with Crippen molar-refractivity contribution in [2.45, 2.75) is 83.2 Å². The van der Waals surface area contributed by atoms with E-state index in [2.05, 4.69) is 16.0 Å². The van der Waals surface area contributed by atoms with Crippen molar-refractivity contribution < 1.29 is 4.79 Å². The van der Waals surface area contributed by atoms with Crippen molar-refractivity contribution in [2.24, 2.45) is 0 Å². The summed E-state index contributed by atoms with van der Waals surface area (Å²) in [5.74, 6) is -0.0467. The Hall–Kier alpha value is -2.04. The van der Waals surface area contributed by atoms with Crippen LogP contribution in [-0.4, -0.2) is 23.8 Å². The highest BCUT2D eigenvalue weighted by Crippen LogP contribution is 2.30. The lowest BCUT2D eigenvalue weighted by molar-refractivity contribution is 0.0976. The molecule has 2 aliphatic carbocycles. The molecule has 0 bridgehead atoms. The zero-order valence-electron chi connectivity index (χ0n) is 15.9. The van der Waals surface area contributed by atoms with Crippen LogP contribution in [0.5, 0.6) is 0 Å². The zero-order chi connectivity index (χ0) is 18.4. The molecule has 0 heterocycles. The molecule has 0 radical (unpaired) electrons. The van der Waals surface area contributed by atoms with Gasteiger partial charge in [-0.3, -0.25) is 10.2 Å². The van der Waals surface area contributed by atoms with Crippen LogP contribution >= 0.6 is 0 Å². The minimum Gasteiger partial charge on any atom is -0.381 e.